The lowest BCUT2D eigenvalue weighted by molar-refractivity contribution is 0.0773. The lowest BCUT2D eigenvalue weighted by atomic mass is 10.1. The summed E-state index contributed by atoms with van der Waals surface area (Å²) in [6, 6.07) is 20.0. The second kappa shape index (κ2) is 12.9. The second-order valence-electron chi connectivity index (χ2n) is 9.27. The van der Waals surface area contributed by atoms with Crippen molar-refractivity contribution < 1.29 is 18.8 Å². The Morgan fingerprint density at radius 3 is 2.28 bits per heavy atom. The first-order valence-corrected chi connectivity index (χ1v) is 13.3. The molecule has 3 aromatic rings. The van der Waals surface area contributed by atoms with Gasteiger partial charge in [0.05, 0.1) is 11.3 Å². The number of nitrogens with one attached hydrogen (secondary N) is 2. The van der Waals surface area contributed by atoms with Gasteiger partial charge < -0.3 is 25.3 Å². The highest BCUT2D eigenvalue weighted by Crippen LogP contribution is 2.28. The quantitative estimate of drug-likeness (QED) is 0.433. The predicted octanol–water partition coefficient (Wildman–Crippen LogP) is 5.30. The van der Waals surface area contributed by atoms with Gasteiger partial charge in [0.25, 0.3) is 11.8 Å². The second-order valence-corrected chi connectivity index (χ2v) is 9.27. The van der Waals surface area contributed by atoms with Crippen molar-refractivity contribution in [3.63, 3.8) is 0 Å². The molecular weight excluding hydrogens is 497 g/mol. The molecule has 1 saturated heterocycles. The number of urea groups is 1. The van der Waals surface area contributed by atoms with Gasteiger partial charge in [-0.25, -0.2) is 9.18 Å². The molecule has 0 bridgehead atoms. The first kappa shape index (κ1) is 27.6. The molecule has 204 valence electrons. The number of rotatable bonds is 7. The first-order valence-electron chi connectivity index (χ1n) is 13.3. The number of benzene rings is 3. The van der Waals surface area contributed by atoms with Crippen molar-refractivity contribution in [3.8, 4) is 0 Å². The van der Waals surface area contributed by atoms with Crippen LogP contribution in [0.25, 0.3) is 0 Å². The van der Waals surface area contributed by atoms with E-state index in [1.807, 2.05) is 26.0 Å². The van der Waals surface area contributed by atoms with E-state index in [0.717, 1.165) is 5.69 Å². The summed E-state index contributed by atoms with van der Waals surface area (Å²) >= 11 is 0. The van der Waals surface area contributed by atoms with Gasteiger partial charge in [0, 0.05) is 56.2 Å². The zero-order valence-corrected chi connectivity index (χ0v) is 22.3. The van der Waals surface area contributed by atoms with Crippen molar-refractivity contribution in [1.82, 2.24) is 9.80 Å². The number of hydrogen-bond acceptors (Lipinski definition) is 4. The van der Waals surface area contributed by atoms with Crippen LogP contribution >= 0.6 is 0 Å². The number of carbonyl (C=O) groups excluding carboxylic acids is 3. The summed E-state index contributed by atoms with van der Waals surface area (Å²) in [5.41, 5.74) is 2.45. The van der Waals surface area contributed by atoms with Crippen LogP contribution in [0.1, 0.15) is 41.0 Å². The summed E-state index contributed by atoms with van der Waals surface area (Å²) in [6.07, 6.45) is 0.677. The molecule has 1 heterocycles. The van der Waals surface area contributed by atoms with Crippen LogP contribution in [0.15, 0.2) is 72.8 Å². The Morgan fingerprint density at radius 1 is 0.846 bits per heavy atom. The van der Waals surface area contributed by atoms with Crippen LogP contribution in [0.4, 0.5) is 26.2 Å². The van der Waals surface area contributed by atoms with Crippen molar-refractivity contribution in [1.29, 1.82) is 0 Å². The molecule has 0 spiro atoms. The maximum absolute atomic E-state index is 14.0. The fraction of sp³-hybridized carbons (Fsp3) is 0.300. The van der Waals surface area contributed by atoms with Crippen LogP contribution in [0.2, 0.25) is 0 Å². The van der Waals surface area contributed by atoms with Crippen molar-refractivity contribution in [2.24, 2.45) is 0 Å². The van der Waals surface area contributed by atoms with Gasteiger partial charge in [0.15, 0.2) is 0 Å². The zero-order chi connectivity index (χ0) is 27.8. The number of carbonyl (C=O) groups is 3. The van der Waals surface area contributed by atoms with Crippen LogP contribution in [-0.2, 0) is 0 Å². The van der Waals surface area contributed by atoms with Crippen LogP contribution in [0, 0.1) is 5.82 Å². The topological polar surface area (TPSA) is 85.0 Å². The number of amides is 4. The highest BCUT2D eigenvalue weighted by molar-refractivity contribution is 6.06. The van der Waals surface area contributed by atoms with Gasteiger partial charge in [-0.2, -0.15) is 0 Å². The fourth-order valence-corrected chi connectivity index (χ4v) is 4.65. The Labute approximate surface area is 228 Å². The van der Waals surface area contributed by atoms with Crippen LogP contribution in [0.5, 0.6) is 0 Å². The van der Waals surface area contributed by atoms with E-state index in [1.165, 1.54) is 12.1 Å². The molecule has 1 aliphatic rings. The SMILES string of the molecule is CCN(CC)C(=O)c1cc(NC(=O)c2ccccc2)ccc1N1CCCN(C(=O)Nc2ccccc2F)CC1. The number of nitrogens with zero attached hydrogens (tertiary/aromatic N) is 3. The minimum atomic E-state index is -0.485. The molecule has 4 amide bonds. The maximum Gasteiger partial charge on any atom is 0.321 e. The molecular formula is C30H34FN5O3. The van der Waals surface area contributed by atoms with Gasteiger partial charge in [0.1, 0.15) is 5.82 Å². The Kier molecular flexibility index (Phi) is 9.14. The molecule has 3 aromatic carbocycles. The number of hydrogen-bond donors (Lipinski definition) is 2. The Balaban J connectivity index is 1.54. The molecule has 1 aliphatic heterocycles. The summed E-state index contributed by atoms with van der Waals surface area (Å²) in [5.74, 6) is -0.860. The molecule has 0 radical (unpaired) electrons. The van der Waals surface area contributed by atoms with E-state index in [9.17, 15) is 18.8 Å². The standard InChI is InChI=1S/C30H34FN5O3/c1-3-34(4-2)29(38)24-21-23(32-28(37)22-11-6-5-7-12-22)15-16-27(24)35-17-10-18-36(20-19-35)30(39)33-26-14-9-8-13-25(26)31/h5-9,11-16,21H,3-4,10,17-20H2,1-2H3,(H,32,37)(H,33,39). The third-order valence-corrected chi connectivity index (χ3v) is 6.81. The molecule has 8 nitrogen and oxygen atoms in total. The molecule has 0 atom stereocenters. The molecule has 2 N–H and O–H groups in total. The van der Waals surface area contributed by atoms with Gasteiger partial charge in [-0.1, -0.05) is 30.3 Å². The van der Waals surface area contributed by atoms with E-state index < -0.39 is 5.82 Å². The summed E-state index contributed by atoms with van der Waals surface area (Å²) in [7, 11) is 0. The third-order valence-electron chi connectivity index (χ3n) is 6.81. The summed E-state index contributed by atoms with van der Waals surface area (Å²) in [5, 5.41) is 5.55. The van der Waals surface area contributed by atoms with Crippen molar-refractivity contribution in [2.45, 2.75) is 20.3 Å². The lowest BCUT2D eigenvalue weighted by Gasteiger charge is -2.28. The van der Waals surface area contributed by atoms with Gasteiger partial charge in [-0.15, -0.1) is 0 Å². The van der Waals surface area contributed by atoms with Gasteiger partial charge >= 0.3 is 6.03 Å². The first-order chi connectivity index (χ1) is 18.9. The average molecular weight is 532 g/mol. The molecule has 1 fully saturated rings. The lowest BCUT2D eigenvalue weighted by Crippen LogP contribution is -2.38. The molecule has 9 heteroatoms. The zero-order valence-electron chi connectivity index (χ0n) is 22.3. The number of para-hydroxylation sites is 1. The minimum absolute atomic E-state index is 0.121. The molecule has 0 aliphatic carbocycles. The van der Waals surface area contributed by atoms with E-state index >= 15 is 0 Å². The Morgan fingerprint density at radius 2 is 1.56 bits per heavy atom. The highest BCUT2D eigenvalue weighted by Gasteiger charge is 2.25. The van der Waals surface area contributed by atoms with Gasteiger partial charge in [-0.05, 0) is 62.7 Å². The Bertz CT molecular complexity index is 1310. The van der Waals surface area contributed by atoms with E-state index in [-0.39, 0.29) is 23.5 Å². The van der Waals surface area contributed by atoms with Crippen molar-refractivity contribution >= 4 is 34.9 Å². The largest absolute Gasteiger partial charge is 0.369 e. The van der Waals surface area contributed by atoms with E-state index in [2.05, 4.69) is 15.5 Å². The summed E-state index contributed by atoms with van der Waals surface area (Å²) in [4.78, 5) is 44.6. The maximum atomic E-state index is 14.0. The average Bonchev–Trinajstić information content (AvgIpc) is 3.22. The van der Waals surface area contributed by atoms with Gasteiger partial charge in [-0.3, -0.25) is 9.59 Å². The molecule has 4 rings (SSSR count). The fourth-order valence-electron chi connectivity index (χ4n) is 4.65. The summed E-state index contributed by atoms with van der Waals surface area (Å²) in [6.45, 7) is 7.02. The molecule has 39 heavy (non-hydrogen) atoms. The summed E-state index contributed by atoms with van der Waals surface area (Å²) < 4.78 is 14.0. The van der Waals surface area contributed by atoms with Crippen LogP contribution in [0.3, 0.4) is 0 Å². The van der Waals surface area contributed by atoms with Gasteiger partial charge in [0.2, 0.25) is 0 Å². The Hall–Kier alpha value is -4.40. The molecule has 0 unspecified atom stereocenters. The van der Waals surface area contributed by atoms with E-state index in [4.69, 9.17) is 0 Å². The third kappa shape index (κ3) is 6.73. The smallest absolute Gasteiger partial charge is 0.321 e. The number of anilines is 3. The molecule has 0 aromatic heterocycles. The highest BCUT2D eigenvalue weighted by atomic mass is 19.1. The normalized spacial score (nSPS) is 13.4. The minimum Gasteiger partial charge on any atom is -0.369 e. The molecule has 0 saturated carbocycles. The predicted molar refractivity (Wildman–Crippen MR) is 152 cm³/mol. The van der Waals surface area contributed by atoms with Crippen molar-refractivity contribution in [3.05, 3.63) is 89.7 Å². The van der Waals surface area contributed by atoms with E-state index in [0.29, 0.717) is 62.5 Å². The van der Waals surface area contributed by atoms with Crippen LogP contribution in [-0.4, -0.2) is 66.9 Å². The van der Waals surface area contributed by atoms with Crippen molar-refractivity contribution in [2.75, 3.05) is 54.8 Å². The number of halogens is 1. The van der Waals surface area contributed by atoms with E-state index in [1.54, 1.807) is 58.3 Å². The monoisotopic (exact) mass is 531 g/mol. The van der Waals surface area contributed by atoms with Crippen LogP contribution < -0.4 is 15.5 Å².